The van der Waals surface area contributed by atoms with Crippen LogP contribution in [0, 0.1) is 0 Å². The zero-order valence-electron chi connectivity index (χ0n) is 24.9. The minimum atomic E-state index is -5.24. The highest BCUT2D eigenvalue weighted by molar-refractivity contribution is 5.96. The number of likely N-dealkylation sites (N-methyl/N-ethyl adjacent to an activating group) is 1. The molecule has 0 saturated carbocycles. The highest BCUT2D eigenvalue weighted by Gasteiger charge is 2.68. The lowest BCUT2D eigenvalue weighted by Crippen LogP contribution is -2.62. The highest BCUT2D eigenvalue weighted by Crippen LogP contribution is 2.58. The number of amides is 2. The van der Waals surface area contributed by atoms with Gasteiger partial charge in [0, 0.05) is 35.8 Å². The lowest BCUT2D eigenvalue weighted by atomic mass is 9.75. The van der Waals surface area contributed by atoms with Crippen molar-refractivity contribution in [1.29, 1.82) is 0 Å². The lowest BCUT2D eigenvalue weighted by molar-refractivity contribution is -0.190. The third-order valence-corrected chi connectivity index (χ3v) is 10.1. The molecule has 0 N–H and O–H groups in total. The van der Waals surface area contributed by atoms with Crippen molar-refractivity contribution in [3.8, 4) is 0 Å². The van der Waals surface area contributed by atoms with E-state index < -0.39 is 59.2 Å². The van der Waals surface area contributed by atoms with Gasteiger partial charge in [-0.3, -0.25) is 9.59 Å². The van der Waals surface area contributed by atoms with Gasteiger partial charge in [-0.05, 0) is 42.5 Å². The van der Waals surface area contributed by atoms with Gasteiger partial charge >= 0.3 is 18.1 Å². The van der Waals surface area contributed by atoms with E-state index in [-0.39, 0.29) is 19.4 Å². The van der Waals surface area contributed by atoms with Crippen LogP contribution in [0.25, 0.3) is 0 Å². The summed E-state index contributed by atoms with van der Waals surface area (Å²) in [6.45, 7) is 9.69. The summed E-state index contributed by atoms with van der Waals surface area (Å²) in [6.07, 6.45) is -3.23. The predicted molar refractivity (Wildman–Crippen MR) is 159 cm³/mol. The number of carbonyl (C=O) groups excluding carboxylic acids is 3. The molecule has 2 aromatic carbocycles. The number of likely N-dealkylation sites (tertiary alicyclic amines) is 2. The van der Waals surface area contributed by atoms with E-state index in [0.717, 1.165) is 16.8 Å². The SMILES string of the molecule is C=CCN1c2ccccc2[C@]2(C)C[C@H](C(=O)N3[C@@H](C(=O)OC)C[C@]4(CC=C)c5ccccc5N(C)[C@H]34)N(C(=O)C(F)(F)F)[C@H]12. The summed E-state index contributed by atoms with van der Waals surface area (Å²) in [7, 11) is 3.03. The van der Waals surface area contributed by atoms with Crippen LogP contribution in [-0.4, -0.2) is 78.9 Å². The van der Waals surface area contributed by atoms with E-state index in [0.29, 0.717) is 17.0 Å². The Hall–Kier alpha value is -4.28. The van der Waals surface area contributed by atoms with Gasteiger partial charge in [-0.1, -0.05) is 55.5 Å². The van der Waals surface area contributed by atoms with Gasteiger partial charge in [0.2, 0.25) is 5.91 Å². The minimum absolute atomic E-state index is 0.0643. The summed E-state index contributed by atoms with van der Waals surface area (Å²) in [5, 5.41) is 0. The molecule has 4 aliphatic rings. The summed E-state index contributed by atoms with van der Waals surface area (Å²) in [4.78, 5) is 47.3. The average molecular weight is 609 g/mol. The van der Waals surface area contributed by atoms with Crippen molar-refractivity contribution < 1.29 is 32.3 Å². The molecular weight excluding hydrogens is 573 g/mol. The molecule has 0 radical (unpaired) electrons. The Morgan fingerprint density at radius 3 is 2.18 bits per heavy atom. The molecule has 6 rings (SSSR count). The first kappa shape index (κ1) is 29.8. The molecule has 0 aromatic heterocycles. The number of esters is 1. The van der Waals surface area contributed by atoms with Gasteiger partial charge in [0.25, 0.3) is 0 Å². The second-order valence-corrected chi connectivity index (χ2v) is 12.3. The van der Waals surface area contributed by atoms with Crippen LogP contribution in [0.3, 0.4) is 0 Å². The van der Waals surface area contributed by atoms with Crippen molar-refractivity contribution >= 4 is 29.2 Å². The Morgan fingerprint density at radius 1 is 0.932 bits per heavy atom. The maximum Gasteiger partial charge on any atom is 0.471 e. The van der Waals surface area contributed by atoms with Crippen molar-refractivity contribution in [2.75, 3.05) is 30.5 Å². The fourth-order valence-corrected chi connectivity index (χ4v) is 8.57. The molecular formula is C33H35F3N4O4. The first-order valence-electron chi connectivity index (χ1n) is 14.6. The lowest BCUT2D eigenvalue weighted by Gasteiger charge is -2.41. The van der Waals surface area contributed by atoms with E-state index in [1.54, 1.807) is 49.2 Å². The maximum atomic E-state index is 14.9. The quantitative estimate of drug-likeness (QED) is 0.355. The number of benzene rings is 2. The van der Waals surface area contributed by atoms with Gasteiger partial charge in [-0.25, -0.2) is 4.79 Å². The van der Waals surface area contributed by atoms with E-state index in [1.165, 1.54) is 12.0 Å². The van der Waals surface area contributed by atoms with Crippen LogP contribution in [0.15, 0.2) is 73.8 Å². The Bertz CT molecular complexity index is 1560. The smallest absolute Gasteiger partial charge is 0.467 e. The van der Waals surface area contributed by atoms with E-state index in [4.69, 9.17) is 4.74 Å². The average Bonchev–Trinajstić information content (AvgIpc) is 3.65. The Balaban J connectivity index is 1.51. The van der Waals surface area contributed by atoms with Crippen molar-refractivity contribution in [3.05, 3.63) is 85.0 Å². The van der Waals surface area contributed by atoms with Crippen LogP contribution in [0.4, 0.5) is 24.5 Å². The number of halogens is 3. The molecule has 2 aromatic rings. The number of fused-ring (bicyclic) bond motifs is 6. The van der Waals surface area contributed by atoms with Gasteiger partial charge in [0.15, 0.2) is 0 Å². The van der Waals surface area contributed by atoms with E-state index in [9.17, 15) is 27.6 Å². The third-order valence-electron chi connectivity index (χ3n) is 10.1. The predicted octanol–water partition coefficient (Wildman–Crippen LogP) is 4.50. The van der Waals surface area contributed by atoms with Crippen LogP contribution >= 0.6 is 0 Å². The first-order valence-corrected chi connectivity index (χ1v) is 14.6. The summed E-state index contributed by atoms with van der Waals surface area (Å²) in [5.41, 5.74) is 1.44. The van der Waals surface area contributed by atoms with Gasteiger partial charge in [-0.15, -0.1) is 13.2 Å². The van der Waals surface area contributed by atoms with Crippen molar-refractivity contribution in [1.82, 2.24) is 9.80 Å². The van der Waals surface area contributed by atoms with Gasteiger partial charge in [0.1, 0.15) is 24.4 Å². The zero-order valence-corrected chi connectivity index (χ0v) is 24.9. The normalized spacial score (nSPS) is 30.0. The second-order valence-electron chi connectivity index (χ2n) is 12.3. The number of carbonyl (C=O) groups is 3. The molecule has 0 aliphatic carbocycles. The Kier molecular flexibility index (Phi) is 6.86. The number of hydrogen-bond acceptors (Lipinski definition) is 6. The molecule has 232 valence electrons. The fraction of sp³-hybridized carbons (Fsp3) is 0.424. The molecule has 8 nitrogen and oxygen atoms in total. The number of para-hydroxylation sites is 2. The fourth-order valence-electron chi connectivity index (χ4n) is 8.57. The van der Waals surface area contributed by atoms with Crippen LogP contribution < -0.4 is 9.80 Å². The number of nitrogens with zero attached hydrogens (tertiary/aromatic N) is 4. The standard InChI is InChI=1S/C33H35F3N4O4/c1-6-16-32-19-25(27(42)44-5)39(29(32)37(4)22-14-10-9-13-21(22)32)26(41)24-18-31(3)20-12-8-11-15-23(20)38(17-7-2)28(31)40(24)30(43)33(34,35)36/h6-15,24-25,28-29H,1-2,16-19H2,3-5H3/t24-,25-,28+,29-,31+,32-/m1/s1. The number of hydrogen-bond donors (Lipinski definition) is 0. The highest BCUT2D eigenvalue weighted by atomic mass is 19.4. The first-order chi connectivity index (χ1) is 20.9. The van der Waals surface area contributed by atoms with Gasteiger partial charge < -0.3 is 24.3 Å². The Morgan fingerprint density at radius 2 is 1.57 bits per heavy atom. The van der Waals surface area contributed by atoms with Crippen LogP contribution in [-0.2, 0) is 30.0 Å². The summed E-state index contributed by atoms with van der Waals surface area (Å²) >= 11 is 0. The summed E-state index contributed by atoms with van der Waals surface area (Å²) in [6, 6.07) is 12.3. The van der Waals surface area contributed by atoms with E-state index in [1.807, 2.05) is 35.2 Å². The van der Waals surface area contributed by atoms with Gasteiger partial charge in [-0.2, -0.15) is 13.2 Å². The molecule has 0 spiro atoms. The molecule has 0 bridgehead atoms. The molecule has 4 aliphatic heterocycles. The van der Waals surface area contributed by atoms with Crippen LogP contribution in [0.1, 0.15) is 37.3 Å². The molecule has 44 heavy (non-hydrogen) atoms. The Labute approximate surface area is 254 Å². The topological polar surface area (TPSA) is 73.4 Å². The van der Waals surface area contributed by atoms with Crippen LogP contribution in [0.2, 0.25) is 0 Å². The number of methoxy groups -OCH3 is 1. The monoisotopic (exact) mass is 608 g/mol. The number of rotatable bonds is 6. The third kappa shape index (κ3) is 3.86. The van der Waals surface area contributed by atoms with Crippen molar-refractivity contribution in [2.24, 2.45) is 0 Å². The molecule has 0 unspecified atom stereocenters. The summed E-state index contributed by atoms with van der Waals surface area (Å²) in [5.74, 6) is -3.49. The molecule has 11 heteroatoms. The number of anilines is 2. The minimum Gasteiger partial charge on any atom is -0.467 e. The molecule has 2 fully saturated rings. The van der Waals surface area contributed by atoms with Crippen molar-refractivity contribution in [3.63, 3.8) is 0 Å². The molecule has 6 atom stereocenters. The zero-order chi connectivity index (χ0) is 31.8. The number of ether oxygens (including phenoxy) is 1. The largest absolute Gasteiger partial charge is 0.471 e. The molecule has 2 amide bonds. The maximum absolute atomic E-state index is 14.9. The van der Waals surface area contributed by atoms with E-state index >= 15 is 0 Å². The van der Waals surface area contributed by atoms with Crippen LogP contribution in [0.5, 0.6) is 0 Å². The summed E-state index contributed by atoms with van der Waals surface area (Å²) < 4.78 is 48.3. The molecule has 2 saturated heterocycles. The molecule has 4 heterocycles. The van der Waals surface area contributed by atoms with E-state index in [2.05, 4.69) is 13.2 Å². The second kappa shape index (κ2) is 10.1. The number of alkyl halides is 3. The number of allylic oxidation sites excluding steroid dienone is 1. The van der Waals surface area contributed by atoms with Gasteiger partial charge in [0.05, 0.1) is 7.11 Å². The van der Waals surface area contributed by atoms with Crippen molar-refractivity contribution in [2.45, 2.75) is 67.6 Å².